The maximum Gasteiger partial charge on any atom is 0.218 e. The average molecular weight is 192 g/mol. The predicted octanol–water partition coefficient (Wildman–Crippen LogP) is -0.830. The summed E-state index contributed by atoms with van der Waals surface area (Å²) in [5.41, 5.74) is 16.4. The number of aromatic nitrogens is 1. The molecule has 0 bridgehead atoms. The molecular weight excluding hydrogens is 180 g/mol. The predicted molar refractivity (Wildman–Crippen MR) is 55.4 cm³/mol. The van der Waals surface area contributed by atoms with Gasteiger partial charge in [0, 0.05) is 6.20 Å². The Morgan fingerprint density at radius 1 is 1.29 bits per heavy atom. The van der Waals surface area contributed by atoms with Crippen molar-refractivity contribution >= 4 is 11.9 Å². The SMILES string of the molecule is NC(N)=NC(N)=NCc1ccccn1. The van der Waals surface area contributed by atoms with Gasteiger partial charge in [-0.15, -0.1) is 0 Å². The van der Waals surface area contributed by atoms with Crippen molar-refractivity contribution in [3.8, 4) is 0 Å². The summed E-state index contributed by atoms with van der Waals surface area (Å²) in [6, 6.07) is 5.54. The van der Waals surface area contributed by atoms with Gasteiger partial charge in [0.2, 0.25) is 5.96 Å². The molecule has 0 saturated heterocycles. The van der Waals surface area contributed by atoms with E-state index in [4.69, 9.17) is 17.2 Å². The molecule has 0 aromatic carbocycles. The van der Waals surface area contributed by atoms with Crippen molar-refractivity contribution in [2.75, 3.05) is 0 Å². The molecule has 0 amide bonds. The first-order valence-electron chi connectivity index (χ1n) is 3.98. The van der Waals surface area contributed by atoms with Crippen LogP contribution in [0.2, 0.25) is 0 Å². The lowest BCUT2D eigenvalue weighted by molar-refractivity contribution is 0.982. The van der Waals surface area contributed by atoms with E-state index >= 15 is 0 Å². The Hall–Kier alpha value is -2.11. The summed E-state index contributed by atoms with van der Waals surface area (Å²) in [7, 11) is 0. The first kappa shape index (κ1) is 9.97. The number of hydrogen-bond acceptors (Lipinski definition) is 2. The quantitative estimate of drug-likeness (QED) is 0.419. The summed E-state index contributed by atoms with van der Waals surface area (Å²) in [5, 5.41) is 0. The molecule has 6 nitrogen and oxygen atoms in total. The monoisotopic (exact) mass is 192 g/mol. The summed E-state index contributed by atoms with van der Waals surface area (Å²) >= 11 is 0. The highest BCUT2D eigenvalue weighted by Crippen LogP contribution is 1.95. The van der Waals surface area contributed by atoms with Crippen molar-refractivity contribution in [3.63, 3.8) is 0 Å². The van der Waals surface area contributed by atoms with Gasteiger partial charge in [-0.25, -0.2) is 4.99 Å². The minimum Gasteiger partial charge on any atom is -0.370 e. The van der Waals surface area contributed by atoms with Crippen molar-refractivity contribution in [1.82, 2.24) is 4.98 Å². The van der Waals surface area contributed by atoms with Gasteiger partial charge in [0.15, 0.2) is 5.96 Å². The lowest BCUT2D eigenvalue weighted by Gasteiger charge is -1.95. The molecule has 1 rings (SSSR count). The van der Waals surface area contributed by atoms with Crippen LogP contribution in [0.4, 0.5) is 0 Å². The Bertz CT molecular complexity index is 338. The maximum absolute atomic E-state index is 5.40. The lowest BCUT2D eigenvalue weighted by atomic mass is 10.3. The van der Waals surface area contributed by atoms with Crippen molar-refractivity contribution < 1.29 is 0 Å². The third kappa shape index (κ3) is 3.53. The van der Waals surface area contributed by atoms with Crippen LogP contribution >= 0.6 is 0 Å². The van der Waals surface area contributed by atoms with Gasteiger partial charge in [-0.1, -0.05) is 6.07 Å². The molecule has 6 N–H and O–H groups in total. The minimum absolute atomic E-state index is 0.0515. The van der Waals surface area contributed by atoms with Crippen LogP contribution < -0.4 is 17.2 Å². The topological polar surface area (TPSA) is 116 Å². The van der Waals surface area contributed by atoms with Crippen molar-refractivity contribution in [2.45, 2.75) is 6.54 Å². The van der Waals surface area contributed by atoms with Gasteiger partial charge < -0.3 is 17.2 Å². The van der Waals surface area contributed by atoms with Gasteiger partial charge in [0.1, 0.15) is 0 Å². The van der Waals surface area contributed by atoms with E-state index in [0.29, 0.717) is 6.54 Å². The van der Waals surface area contributed by atoms with Crippen LogP contribution in [0.1, 0.15) is 5.69 Å². The fraction of sp³-hybridized carbons (Fsp3) is 0.125. The molecule has 74 valence electrons. The van der Waals surface area contributed by atoms with E-state index < -0.39 is 0 Å². The third-order valence-corrected chi connectivity index (χ3v) is 1.37. The number of hydrogen-bond donors (Lipinski definition) is 3. The van der Waals surface area contributed by atoms with Crippen LogP contribution in [-0.4, -0.2) is 16.9 Å². The summed E-state index contributed by atoms with van der Waals surface area (Å²) in [5.74, 6) is -0.0528. The third-order valence-electron chi connectivity index (χ3n) is 1.37. The van der Waals surface area contributed by atoms with E-state index in [1.165, 1.54) is 0 Å². The zero-order valence-electron chi connectivity index (χ0n) is 7.59. The Labute approximate surface area is 81.6 Å². The molecule has 0 unspecified atom stereocenters. The first-order chi connectivity index (χ1) is 6.68. The number of guanidine groups is 2. The molecule has 0 aliphatic heterocycles. The van der Waals surface area contributed by atoms with Gasteiger partial charge in [0.05, 0.1) is 12.2 Å². The molecule has 0 aliphatic carbocycles. The average Bonchev–Trinajstić information content (AvgIpc) is 2.15. The van der Waals surface area contributed by atoms with Crippen molar-refractivity contribution in [1.29, 1.82) is 0 Å². The molecule has 6 heteroatoms. The summed E-state index contributed by atoms with van der Waals surface area (Å²) < 4.78 is 0. The number of pyridine rings is 1. The number of nitrogens with two attached hydrogens (primary N) is 3. The van der Waals surface area contributed by atoms with E-state index in [1.807, 2.05) is 18.2 Å². The highest BCUT2D eigenvalue weighted by molar-refractivity contribution is 5.92. The molecule has 1 aromatic heterocycles. The van der Waals surface area contributed by atoms with Crippen LogP contribution in [0.5, 0.6) is 0 Å². The van der Waals surface area contributed by atoms with Gasteiger partial charge in [-0.3, -0.25) is 4.98 Å². The second kappa shape index (κ2) is 4.80. The van der Waals surface area contributed by atoms with Gasteiger partial charge in [-0.2, -0.15) is 4.99 Å². The lowest BCUT2D eigenvalue weighted by Crippen LogP contribution is -2.26. The van der Waals surface area contributed by atoms with E-state index in [1.54, 1.807) is 6.20 Å². The Morgan fingerprint density at radius 2 is 2.07 bits per heavy atom. The molecule has 1 aromatic rings. The molecule has 0 radical (unpaired) electrons. The van der Waals surface area contributed by atoms with E-state index in [9.17, 15) is 0 Å². The van der Waals surface area contributed by atoms with E-state index in [2.05, 4.69) is 15.0 Å². The smallest absolute Gasteiger partial charge is 0.218 e. The molecule has 0 aliphatic rings. The van der Waals surface area contributed by atoms with Gasteiger partial charge in [0.25, 0.3) is 0 Å². The van der Waals surface area contributed by atoms with Crippen LogP contribution in [0.3, 0.4) is 0 Å². The van der Waals surface area contributed by atoms with Crippen molar-refractivity contribution in [3.05, 3.63) is 30.1 Å². The normalized spacial score (nSPS) is 11.0. The van der Waals surface area contributed by atoms with Crippen LogP contribution in [0.15, 0.2) is 34.4 Å². The maximum atomic E-state index is 5.40. The largest absolute Gasteiger partial charge is 0.370 e. The van der Waals surface area contributed by atoms with Crippen LogP contribution in [0.25, 0.3) is 0 Å². The molecular formula is C8H12N6. The highest BCUT2D eigenvalue weighted by Gasteiger charge is 1.91. The molecule has 14 heavy (non-hydrogen) atoms. The zero-order chi connectivity index (χ0) is 10.4. The fourth-order valence-corrected chi connectivity index (χ4v) is 0.821. The van der Waals surface area contributed by atoms with Crippen molar-refractivity contribution in [2.24, 2.45) is 27.2 Å². The van der Waals surface area contributed by atoms with Gasteiger partial charge in [-0.05, 0) is 12.1 Å². The standard InChI is InChI=1S/C8H12N6/c9-7(10)14-8(11)13-5-6-3-1-2-4-12-6/h1-4H,5H2,(H6,9,10,11,13,14). The molecule has 1 heterocycles. The number of rotatable bonds is 2. The molecule has 0 spiro atoms. The molecule has 0 fully saturated rings. The second-order valence-electron chi connectivity index (χ2n) is 2.53. The summed E-state index contributed by atoms with van der Waals surface area (Å²) in [6.45, 7) is 0.365. The summed E-state index contributed by atoms with van der Waals surface area (Å²) in [4.78, 5) is 11.5. The molecule has 0 saturated carbocycles. The zero-order valence-corrected chi connectivity index (χ0v) is 7.59. The summed E-state index contributed by atoms with van der Waals surface area (Å²) in [6.07, 6.45) is 1.68. The Morgan fingerprint density at radius 3 is 2.64 bits per heavy atom. The Kier molecular flexibility index (Phi) is 3.42. The number of nitrogens with zero attached hydrogens (tertiary/aromatic N) is 3. The van der Waals surface area contributed by atoms with E-state index in [-0.39, 0.29) is 11.9 Å². The van der Waals surface area contributed by atoms with Crippen LogP contribution in [-0.2, 0) is 6.54 Å². The highest BCUT2D eigenvalue weighted by atomic mass is 15.1. The second-order valence-corrected chi connectivity index (χ2v) is 2.53. The number of aliphatic imine (C=N–C) groups is 2. The van der Waals surface area contributed by atoms with Crippen LogP contribution in [0, 0.1) is 0 Å². The van der Waals surface area contributed by atoms with Gasteiger partial charge >= 0.3 is 0 Å². The Balaban J connectivity index is 2.60. The molecule has 0 atom stereocenters. The van der Waals surface area contributed by atoms with E-state index in [0.717, 1.165) is 5.69 Å². The minimum atomic E-state index is -0.104. The fourth-order valence-electron chi connectivity index (χ4n) is 0.821. The first-order valence-corrected chi connectivity index (χ1v) is 3.98.